The highest BCUT2D eigenvalue weighted by atomic mass is 35.5. The van der Waals surface area contributed by atoms with Gasteiger partial charge < -0.3 is 4.90 Å². The lowest BCUT2D eigenvalue weighted by molar-refractivity contribution is 0.0778. The summed E-state index contributed by atoms with van der Waals surface area (Å²) < 4.78 is 14.8. The van der Waals surface area contributed by atoms with Crippen LogP contribution in [0.2, 0.25) is 5.02 Å². The van der Waals surface area contributed by atoms with Crippen molar-refractivity contribution < 1.29 is 9.18 Å². The summed E-state index contributed by atoms with van der Waals surface area (Å²) in [4.78, 5) is 19.8. The van der Waals surface area contributed by atoms with E-state index in [0.29, 0.717) is 17.3 Å². The van der Waals surface area contributed by atoms with Gasteiger partial charge in [0.05, 0.1) is 10.7 Å². The van der Waals surface area contributed by atoms with E-state index in [1.807, 2.05) is 30.5 Å². The number of benzene rings is 2. The minimum Gasteiger partial charge on any atom is -0.336 e. The number of carbonyl (C=O) groups is 1. The first-order valence-electron chi connectivity index (χ1n) is 8.24. The van der Waals surface area contributed by atoms with Gasteiger partial charge in [-0.05, 0) is 23.8 Å². The molecule has 0 spiro atoms. The highest BCUT2D eigenvalue weighted by Gasteiger charge is 2.19. The molecule has 2 aromatic heterocycles. The van der Waals surface area contributed by atoms with Crippen molar-refractivity contribution in [1.82, 2.24) is 14.3 Å². The molecule has 1 amide bonds. The normalized spacial score (nSPS) is 11.1. The van der Waals surface area contributed by atoms with E-state index < -0.39 is 0 Å². The predicted octanol–water partition coefficient (Wildman–Crippen LogP) is 5.13. The molecule has 0 bridgehead atoms. The van der Waals surface area contributed by atoms with E-state index in [2.05, 4.69) is 4.98 Å². The van der Waals surface area contributed by atoms with Crippen LogP contribution in [0.1, 0.15) is 16.1 Å². The zero-order valence-electron chi connectivity index (χ0n) is 14.4. The van der Waals surface area contributed by atoms with Gasteiger partial charge in [-0.1, -0.05) is 41.9 Å². The Balaban J connectivity index is 1.62. The number of imidazole rings is 1. The third-order valence-corrected chi connectivity index (χ3v) is 5.43. The number of aromatic nitrogens is 2. The van der Waals surface area contributed by atoms with Crippen LogP contribution >= 0.6 is 22.9 Å². The molecule has 4 nitrogen and oxygen atoms in total. The zero-order chi connectivity index (χ0) is 19.0. The number of fused-ring (bicyclic) bond motifs is 1. The molecule has 2 aromatic carbocycles. The van der Waals surface area contributed by atoms with Crippen LogP contribution in [-0.2, 0) is 6.54 Å². The molecule has 0 aliphatic heterocycles. The van der Waals surface area contributed by atoms with Crippen molar-refractivity contribution in [2.75, 3.05) is 7.05 Å². The maximum absolute atomic E-state index is 13.1. The van der Waals surface area contributed by atoms with Gasteiger partial charge in [-0.25, -0.2) is 9.37 Å². The number of rotatable bonds is 4. The van der Waals surface area contributed by atoms with E-state index in [-0.39, 0.29) is 11.7 Å². The molecule has 0 N–H and O–H groups in total. The smallest absolute Gasteiger partial charge is 0.271 e. The number of hydrogen-bond acceptors (Lipinski definition) is 3. The number of halogens is 2. The average molecular weight is 400 g/mol. The summed E-state index contributed by atoms with van der Waals surface area (Å²) in [5, 5.41) is 2.41. The van der Waals surface area contributed by atoms with Crippen LogP contribution in [0.25, 0.3) is 16.2 Å². The Morgan fingerprint density at radius 2 is 1.96 bits per heavy atom. The Bertz CT molecular complexity index is 1120. The minimum atomic E-state index is -0.294. The standard InChI is InChI=1S/C20H15ClFN3OS/c1-24(10-13-6-8-14(22)9-7-13)19(26)18-12-27-20-23-17(11-25(18)20)15-4-2-3-5-16(15)21/h2-9,11-12H,10H2,1H3. The molecule has 27 heavy (non-hydrogen) atoms. The first kappa shape index (κ1) is 17.7. The molecule has 0 unspecified atom stereocenters. The van der Waals surface area contributed by atoms with Crippen molar-refractivity contribution >= 4 is 33.8 Å². The fourth-order valence-electron chi connectivity index (χ4n) is 2.87. The van der Waals surface area contributed by atoms with Crippen molar-refractivity contribution in [3.8, 4) is 11.3 Å². The second kappa shape index (κ2) is 7.13. The van der Waals surface area contributed by atoms with Crippen LogP contribution in [0.5, 0.6) is 0 Å². The van der Waals surface area contributed by atoms with Gasteiger partial charge in [-0.2, -0.15) is 0 Å². The van der Waals surface area contributed by atoms with Gasteiger partial charge >= 0.3 is 0 Å². The molecule has 0 aliphatic carbocycles. The molecule has 4 aromatic rings. The lowest BCUT2D eigenvalue weighted by Gasteiger charge is -2.16. The Hall–Kier alpha value is -2.70. The van der Waals surface area contributed by atoms with Gasteiger partial charge in [0.1, 0.15) is 11.5 Å². The van der Waals surface area contributed by atoms with E-state index in [1.54, 1.807) is 33.9 Å². The van der Waals surface area contributed by atoms with Crippen molar-refractivity contribution in [1.29, 1.82) is 0 Å². The quantitative estimate of drug-likeness (QED) is 0.477. The van der Waals surface area contributed by atoms with Gasteiger partial charge in [-0.3, -0.25) is 9.20 Å². The van der Waals surface area contributed by atoms with Crippen LogP contribution in [0.4, 0.5) is 4.39 Å². The fraction of sp³-hybridized carbons (Fsp3) is 0.100. The Morgan fingerprint density at radius 3 is 2.70 bits per heavy atom. The average Bonchev–Trinajstić information content (AvgIpc) is 3.24. The van der Waals surface area contributed by atoms with Gasteiger partial charge in [0.25, 0.3) is 5.91 Å². The molecule has 0 saturated heterocycles. The van der Waals surface area contributed by atoms with Gasteiger partial charge in [0, 0.05) is 30.7 Å². The van der Waals surface area contributed by atoms with Crippen LogP contribution < -0.4 is 0 Å². The third kappa shape index (κ3) is 3.46. The molecule has 4 rings (SSSR count). The molecular formula is C20H15ClFN3OS. The third-order valence-electron chi connectivity index (χ3n) is 4.26. The van der Waals surface area contributed by atoms with Crippen LogP contribution in [0.15, 0.2) is 60.1 Å². The Labute approximate surface area is 164 Å². The number of hydrogen-bond donors (Lipinski definition) is 0. The zero-order valence-corrected chi connectivity index (χ0v) is 16.0. The molecule has 136 valence electrons. The van der Waals surface area contributed by atoms with Crippen molar-refractivity contribution in [2.24, 2.45) is 0 Å². The Morgan fingerprint density at radius 1 is 1.22 bits per heavy atom. The number of carbonyl (C=O) groups excluding carboxylic acids is 1. The van der Waals surface area contributed by atoms with Gasteiger partial charge in [0.2, 0.25) is 0 Å². The molecule has 0 saturated carbocycles. The summed E-state index contributed by atoms with van der Waals surface area (Å²) in [6, 6.07) is 13.6. The van der Waals surface area contributed by atoms with Crippen molar-refractivity contribution in [3.05, 3.63) is 82.2 Å². The first-order chi connectivity index (χ1) is 13.0. The molecule has 0 aliphatic rings. The maximum Gasteiger partial charge on any atom is 0.271 e. The first-order valence-corrected chi connectivity index (χ1v) is 9.50. The highest BCUT2D eigenvalue weighted by molar-refractivity contribution is 7.15. The van der Waals surface area contributed by atoms with Crippen molar-refractivity contribution in [2.45, 2.75) is 6.54 Å². The summed E-state index contributed by atoms with van der Waals surface area (Å²) >= 11 is 7.66. The van der Waals surface area contributed by atoms with Crippen LogP contribution in [-0.4, -0.2) is 27.2 Å². The maximum atomic E-state index is 13.1. The predicted molar refractivity (Wildman–Crippen MR) is 106 cm³/mol. The molecule has 7 heteroatoms. The highest BCUT2D eigenvalue weighted by Crippen LogP contribution is 2.29. The van der Waals surface area contributed by atoms with Crippen LogP contribution in [0.3, 0.4) is 0 Å². The topological polar surface area (TPSA) is 37.6 Å². The largest absolute Gasteiger partial charge is 0.336 e. The molecule has 0 fully saturated rings. The summed E-state index contributed by atoms with van der Waals surface area (Å²) in [6.45, 7) is 0.391. The fourth-order valence-corrected chi connectivity index (χ4v) is 3.95. The SMILES string of the molecule is CN(Cc1ccc(F)cc1)C(=O)c1csc2nc(-c3ccccc3Cl)cn12. The van der Waals surface area contributed by atoms with E-state index in [1.165, 1.54) is 23.5 Å². The lowest BCUT2D eigenvalue weighted by atomic mass is 10.2. The van der Waals surface area contributed by atoms with Gasteiger partial charge in [-0.15, -0.1) is 11.3 Å². The lowest BCUT2D eigenvalue weighted by Crippen LogP contribution is -2.27. The van der Waals surface area contributed by atoms with E-state index in [0.717, 1.165) is 21.8 Å². The molecule has 0 radical (unpaired) electrons. The summed E-state index contributed by atoms with van der Waals surface area (Å²) in [7, 11) is 1.72. The minimum absolute atomic E-state index is 0.131. The summed E-state index contributed by atoms with van der Waals surface area (Å²) in [5.74, 6) is -0.425. The van der Waals surface area contributed by atoms with E-state index >= 15 is 0 Å². The van der Waals surface area contributed by atoms with Crippen LogP contribution in [0, 0.1) is 5.82 Å². The molecule has 2 heterocycles. The second-order valence-electron chi connectivity index (χ2n) is 6.17. The molecular weight excluding hydrogens is 385 g/mol. The van der Waals surface area contributed by atoms with Gasteiger partial charge in [0.15, 0.2) is 4.96 Å². The number of nitrogens with zero attached hydrogens (tertiary/aromatic N) is 3. The summed E-state index contributed by atoms with van der Waals surface area (Å²) in [5.41, 5.74) is 2.95. The number of amides is 1. The Kier molecular flexibility index (Phi) is 4.68. The molecule has 0 atom stereocenters. The van der Waals surface area contributed by atoms with E-state index in [9.17, 15) is 9.18 Å². The monoisotopic (exact) mass is 399 g/mol. The van der Waals surface area contributed by atoms with E-state index in [4.69, 9.17) is 11.6 Å². The second-order valence-corrected chi connectivity index (χ2v) is 7.41. The van der Waals surface area contributed by atoms with Crippen molar-refractivity contribution in [3.63, 3.8) is 0 Å². The summed E-state index contributed by atoms with van der Waals surface area (Å²) in [6.07, 6.45) is 1.83. The number of thiazole rings is 1.